The molecule has 74 valence electrons. The third kappa shape index (κ3) is 2.76. The molecule has 0 fully saturated rings. The van der Waals surface area contributed by atoms with Gasteiger partial charge in [-0.1, -0.05) is 19.9 Å². The molecule has 0 bridgehead atoms. The van der Waals surface area contributed by atoms with Crippen LogP contribution in [0.1, 0.15) is 30.5 Å². The minimum absolute atomic E-state index is 1.23. The van der Waals surface area contributed by atoms with E-state index in [1.807, 2.05) is 20.9 Å². The van der Waals surface area contributed by atoms with Gasteiger partial charge in [0.05, 0.1) is 0 Å². The molecule has 1 aromatic carbocycles. The van der Waals surface area contributed by atoms with Crippen LogP contribution in [0.3, 0.4) is 0 Å². The van der Waals surface area contributed by atoms with E-state index in [9.17, 15) is 0 Å². The van der Waals surface area contributed by atoms with Crippen LogP contribution in [0.5, 0.6) is 0 Å². The summed E-state index contributed by atoms with van der Waals surface area (Å²) in [5.41, 5.74) is 5.33. The molecular weight excluding hydrogens is 158 g/mol. The van der Waals surface area contributed by atoms with E-state index in [1.54, 1.807) is 0 Å². The zero-order chi connectivity index (χ0) is 10.4. The topological polar surface area (TPSA) is 12.0 Å². The Kier molecular flexibility index (Phi) is 5.20. The molecule has 0 atom stereocenters. The summed E-state index contributed by atoms with van der Waals surface area (Å²) in [6, 6.07) is 4.27. The van der Waals surface area contributed by atoms with Crippen molar-refractivity contribution in [2.24, 2.45) is 0 Å². The lowest BCUT2D eigenvalue weighted by molar-refractivity contribution is 1.26. The first-order valence-electron chi connectivity index (χ1n) is 4.91. The maximum Gasteiger partial charge on any atom is 0.0370 e. The Morgan fingerprint density at radius 2 is 1.46 bits per heavy atom. The minimum Gasteiger partial charge on any atom is -0.388 e. The predicted molar refractivity (Wildman–Crippen MR) is 61.5 cm³/mol. The summed E-state index contributed by atoms with van der Waals surface area (Å²) >= 11 is 0. The molecule has 0 saturated heterocycles. The first-order chi connectivity index (χ1) is 6.16. The van der Waals surface area contributed by atoms with Crippen molar-refractivity contribution >= 4 is 5.69 Å². The van der Waals surface area contributed by atoms with Crippen molar-refractivity contribution in [1.82, 2.24) is 0 Å². The number of hydrogen-bond acceptors (Lipinski definition) is 1. The Labute approximate surface area is 82.2 Å². The Morgan fingerprint density at radius 1 is 0.923 bits per heavy atom. The zero-order valence-electron chi connectivity index (χ0n) is 9.65. The van der Waals surface area contributed by atoms with Crippen molar-refractivity contribution < 1.29 is 0 Å². The molecule has 1 heteroatoms. The molecule has 0 aliphatic heterocycles. The molecular formula is C12H21N. The fourth-order valence-corrected chi connectivity index (χ4v) is 1.23. The summed E-state index contributed by atoms with van der Waals surface area (Å²) in [7, 11) is 1.96. The van der Waals surface area contributed by atoms with Gasteiger partial charge in [0.15, 0.2) is 0 Å². The molecule has 1 N–H and O–H groups in total. The summed E-state index contributed by atoms with van der Waals surface area (Å²) < 4.78 is 0. The molecule has 1 rings (SSSR count). The molecule has 0 unspecified atom stereocenters. The molecule has 1 aromatic rings. The van der Waals surface area contributed by atoms with Gasteiger partial charge >= 0.3 is 0 Å². The highest BCUT2D eigenvalue weighted by molar-refractivity contribution is 5.55. The summed E-state index contributed by atoms with van der Waals surface area (Å²) in [5, 5.41) is 3.16. The van der Waals surface area contributed by atoms with Crippen molar-refractivity contribution in [3.8, 4) is 0 Å². The van der Waals surface area contributed by atoms with E-state index >= 15 is 0 Å². The Bertz CT molecular complexity index is 264. The van der Waals surface area contributed by atoms with Crippen LogP contribution >= 0.6 is 0 Å². The van der Waals surface area contributed by atoms with E-state index in [2.05, 4.69) is 38.2 Å². The molecule has 0 amide bonds. The summed E-state index contributed by atoms with van der Waals surface area (Å²) in [4.78, 5) is 0. The standard InChI is InChI=1S/C10H15N.C2H6/c1-7-5-6-10(11-4)9(3)8(7)2;1-2/h5-6,11H,1-4H3;1-2H3. The summed E-state index contributed by atoms with van der Waals surface area (Å²) in [6.45, 7) is 10.4. The molecule has 0 heterocycles. The van der Waals surface area contributed by atoms with Gasteiger partial charge in [0, 0.05) is 12.7 Å². The highest BCUT2D eigenvalue weighted by atomic mass is 14.8. The quantitative estimate of drug-likeness (QED) is 0.693. The van der Waals surface area contributed by atoms with Crippen LogP contribution in [-0.2, 0) is 0 Å². The van der Waals surface area contributed by atoms with Crippen LogP contribution in [0.4, 0.5) is 5.69 Å². The number of benzene rings is 1. The molecule has 0 radical (unpaired) electrons. The predicted octanol–water partition coefficient (Wildman–Crippen LogP) is 3.68. The normalized spacial score (nSPS) is 8.77. The number of anilines is 1. The maximum atomic E-state index is 3.16. The van der Waals surface area contributed by atoms with Crippen molar-refractivity contribution in [3.63, 3.8) is 0 Å². The average Bonchev–Trinajstić information content (AvgIpc) is 2.18. The van der Waals surface area contributed by atoms with Crippen LogP contribution in [0.15, 0.2) is 12.1 Å². The van der Waals surface area contributed by atoms with Crippen molar-refractivity contribution in [1.29, 1.82) is 0 Å². The molecule has 0 aliphatic rings. The van der Waals surface area contributed by atoms with E-state index in [4.69, 9.17) is 0 Å². The number of rotatable bonds is 1. The van der Waals surface area contributed by atoms with Gasteiger partial charge in [0.2, 0.25) is 0 Å². The highest BCUT2D eigenvalue weighted by Gasteiger charge is 2.00. The summed E-state index contributed by atoms with van der Waals surface area (Å²) in [5.74, 6) is 0. The molecule has 0 spiro atoms. The summed E-state index contributed by atoms with van der Waals surface area (Å²) in [6.07, 6.45) is 0. The van der Waals surface area contributed by atoms with Gasteiger partial charge in [-0.2, -0.15) is 0 Å². The second-order valence-electron chi connectivity index (χ2n) is 2.93. The van der Waals surface area contributed by atoms with E-state index in [1.165, 1.54) is 22.4 Å². The SMILES string of the molecule is CC.CNc1ccc(C)c(C)c1C. The number of aryl methyl sites for hydroxylation is 1. The largest absolute Gasteiger partial charge is 0.388 e. The number of nitrogens with one attached hydrogen (secondary N) is 1. The van der Waals surface area contributed by atoms with Crippen molar-refractivity contribution in [2.45, 2.75) is 34.6 Å². The third-order valence-corrected chi connectivity index (χ3v) is 2.33. The van der Waals surface area contributed by atoms with Crippen LogP contribution in [0, 0.1) is 20.8 Å². The highest BCUT2D eigenvalue weighted by Crippen LogP contribution is 2.20. The Morgan fingerprint density at radius 3 is 1.92 bits per heavy atom. The fourth-order valence-electron chi connectivity index (χ4n) is 1.23. The molecule has 1 nitrogen and oxygen atoms in total. The third-order valence-electron chi connectivity index (χ3n) is 2.33. The van der Waals surface area contributed by atoms with Crippen LogP contribution < -0.4 is 5.32 Å². The molecule has 0 saturated carbocycles. The van der Waals surface area contributed by atoms with E-state index < -0.39 is 0 Å². The first kappa shape index (κ1) is 12.0. The monoisotopic (exact) mass is 179 g/mol. The molecule has 0 aromatic heterocycles. The zero-order valence-corrected chi connectivity index (χ0v) is 9.65. The van der Waals surface area contributed by atoms with Crippen molar-refractivity contribution in [3.05, 3.63) is 28.8 Å². The Balaban J connectivity index is 0.000000671. The van der Waals surface area contributed by atoms with Crippen LogP contribution in [0.2, 0.25) is 0 Å². The second-order valence-corrected chi connectivity index (χ2v) is 2.93. The van der Waals surface area contributed by atoms with Gasteiger partial charge in [-0.05, 0) is 43.5 Å². The lowest BCUT2D eigenvalue weighted by Crippen LogP contribution is -1.95. The molecule has 13 heavy (non-hydrogen) atoms. The minimum atomic E-state index is 1.23. The Hall–Kier alpha value is -0.980. The van der Waals surface area contributed by atoms with E-state index in [-0.39, 0.29) is 0 Å². The van der Waals surface area contributed by atoms with Gasteiger partial charge < -0.3 is 5.32 Å². The molecule has 0 aliphatic carbocycles. The fraction of sp³-hybridized carbons (Fsp3) is 0.500. The van der Waals surface area contributed by atoms with Crippen LogP contribution in [0.25, 0.3) is 0 Å². The maximum absolute atomic E-state index is 3.16. The smallest absolute Gasteiger partial charge is 0.0370 e. The number of hydrogen-bond donors (Lipinski definition) is 1. The van der Waals surface area contributed by atoms with E-state index in [0.29, 0.717) is 0 Å². The van der Waals surface area contributed by atoms with Crippen LogP contribution in [-0.4, -0.2) is 7.05 Å². The van der Waals surface area contributed by atoms with Gasteiger partial charge in [-0.15, -0.1) is 0 Å². The second kappa shape index (κ2) is 5.63. The van der Waals surface area contributed by atoms with Crippen molar-refractivity contribution in [2.75, 3.05) is 12.4 Å². The van der Waals surface area contributed by atoms with Gasteiger partial charge in [0.1, 0.15) is 0 Å². The van der Waals surface area contributed by atoms with Gasteiger partial charge in [-0.25, -0.2) is 0 Å². The van der Waals surface area contributed by atoms with Gasteiger partial charge in [0.25, 0.3) is 0 Å². The van der Waals surface area contributed by atoms with Gasteiger partial charge in [-0.3, -0.25) is 0 Å². The lowest BCUT2D eigenvalue weighted by Gasteiger charge is -2.09. The first-order valence-corrected chi connectivity index (χ1v) is 4.91. The van der Waals surface area contributed by atoms with E-state index in [0.717, 1.165) is 0 Å². The lowest BCUT2D eigenvalue weighted by atomic mass is 10.0. The average molecular weight is 179 g/mol.